The van der Waals surface area contributed by atoms with Crippen LogP contribution in [0.5, 0.6) is 0 Å². The molecular formula is C17H25N5. The molecule has 0 spiro atoms. The van der Waals surface area contributed by atoms with Gasteiger partial charge in [0.05, 0.1) is 12.0 Å². The van der Waals surface area contributed by atoms with Crippen molar-refractivity contribution >= 4 is 0 Å². The van der Waals surface area contributed by atoms with Crippen LogP contribution in [0.4, 0.5) is 0 Å². The van der Waals surface area contributed by atoms with Gasteiger partial charge in [0, 0.05) is 51.8 Å². The van der Waals surface area contributed by atoms with Crippen LogP contribution in [0.1, 0.15) is 17.7 Å². The van der Waals surface area contributed by atoms with Crippen LogP contribution in [0.15, 0.2) is 37.1 Å². The Hall–Kier alpha value is -1.72. The van der Waals surface area contributed by atoms with Gasteiger partial charge in [-0.25, -0.2) is 4.98 Å². The molecule has 0 aliphatic carbocycles. The molecule has 5 nitrogen and oxygen atoms in total. The van der Waals surface area contributed by atoms with E-state index in [0.717, 1.165) is 25.6 Å². The van der Waals surface area contributed by atoms with Gasteiger partial charge in [-0.05, 0) is 37.6 Å². The molecule has 0 amide bonds. The number of aromatic nitrogens is 3. The minimum absolute atomic E-state index is 0.759. The van der Waals surface area contributed by atoms with Crippen molar-refractivity contribution in [1.29, 1.82) is 0 Å². The van der Waals surface area contributed by atoms with Gasteiger partial charge in [-0.1, -0.05) is 6.07 Å². The van der Waals surface area contributed by atoms with E-state index in [1.807, 2.05) is 31.0 Å². The van der Waals surface area contributed by atoms with Crippen LogP contribution in [0, 0.1) is 5.92 Å². The third-order valence-electron chi connectivity index (χ3n) is 4.42. The number of likely N-dealkylation sites (tertiary alicyclic amines) is 1. The third-order valence-corrected chi connectivity index (χ3v) is 4.42. The van der Waals surface area contributed by atoms with Crippen LogP contribution in [0.3, 0.4) is 0 Å². The first-order valence-electron chi connectivity index (χ1n) is 7.95. The molecule has 1 atom stereocenters. The van der Waals surface area contributed by atoms with E-state index in [0.29, 0.717) is 0 Å². The van der Waals surface area contributed by atoms with Gasteiger partial charge in [-0.3, -0.25) is 9.88 Å². The van der Waals surface area contributed by atoms with Gasteiger partial charge in [0.1, 0.15) is 0 Å². The molecule has 0 bridgehead atoms. The van der Waals surface area contributed by atoms with Crippen molar-refractivity contribution in [3.63, 3.8) is 0 Å². The summed E-state index contributed by atoms with van der Waals surface area (Å²) < 4.78 is 2.11. The SMILES string of the molecule is CN(Cc1cccnc1)CC1CCN(Cc2cncn2C)C1. The van der Waals surface area contributed by atoms with Gasteiger partial charge in [0.15, 0.2) is 0 Å². The van der Waals surface area contributed by atoms with Gasteiger partial charge in [0.25, 0.3) is 0 Å². The molecule has 118 valence electrons. The molecular weight excluding hydrogens is 274 g/mol. The standard InChI is InChI=1S/C17H25N5/c1-20(10-15-4-3-6-18-8-15)11-16-5-7-22(12-16)13-17-9-19-14-21(17)2/h3-4,6,8-9,14,16H,5,7,10-13H2,1-2H3. The third kappa shape index (κ3) is 3.93. The highest BCUT2D eigenvalue weighted by Gasteiger charge is 2.24. The molecule has 5 heteroatoms. The summed E-state index contributed by atoms with van der Waals surface area (Å²) in [7, 11) is 4.27. The van der Waals surface area contributed by atoms with E-state index >= 15 is 0 Å². The number of nitrogens with zero attached hydrogens (tertiary/aromatic N) is 5. The summed E-state index contributed by atoms with van der Waals surface area (Å²) in [6.07, 6.45) is 8.93. The highest BCUT2D eigenvalue weighted by molar-refractivity contribution is 5.08. The first kappa shape index (κ1) is 15.2. The zero-order chi connectivity index (χ0) is 15.4. The van der Waals surface area contributed by atoms with Crippen LogP contribution >= 0.6 is 0 Å². The maximum absolute atomic E-state index is 4.20. The van der Waals surface area contributed by atoms with Gasteiger partial charge in [-0.2, -0.15) is 0 Å². The van der Waals surface area contributed by atoms with Crippen molar-refractivity contribution in [2.24, 2.45) is 13.0 Å². The molecule has 3 heterocycles. The first-order valence-corrected chi connectivity index (χ1v) is 7.95. The maximum atomic E-state index is 4.20. The van der Waals surface area contributed by atoms with Crippen molar-refractivity contribution in [1.82, 2.24) is 24.3 Å². The van der Waals surface area contributed by atoms with Gasteiger partial charge in [-0.15, -0.1) is 0 Å². The topological polar surface area (TPSA) is 37.2 Å². The molecule has 0 N–H and O–H groups in total. The number of imidazole rings is 1. The molecule has 0 saturated carbocycles. The van der Waals surface area contributed by atoms with Crippen LogP contribution in [-0.4, -0.2) is 51.0 Å². The summed E-state index contributed by atoms with van der Waals surface area (Å²) in [5.41, 5.74) is 2.58. The molecule has 3 rings (SSSR count). The fraction of sp³-hybridized carbons (Fsp3) is 0.529. The summed E-state index contributed by atoms with van der Waals surface area (Å²) in [6, 6.07) is 4.15. The first-order chi connectivity index (χ1) is 10.7. The highest BCUT2D eigenvalue weighted by Crippen LogP contribution is 2.19. The van der Waals surface area contributed by atoms with E-state index in [1.54, 1.807) is 0 Å². The lowest BCUT2D eigenvalue weighted by Gasteiger charge is -2.21. The molecule has 2 aromatic heterocycles. The summed E-state index contributed by atoms with van der Waals surface area (Å²) in [6.45, 7) is 5.52. The molecule has 1 aliphatic rings. The van der Waals surface area contributed by atoms with E-state index in [9.17, 15) is 0 Å². The summed E-state index contributed by atoms with van der Waals surface area (Å²) in [4.78, 5) is 13.3. The van der Waals surface area contributed by atoms with Crippen LogP contribution in [0.25, 0.3) is 0 Å². The largest absolute Gasteiger partial charge is 0.337 e. The van der Waals surface area contributed by atoms with Crippen molar-refractivity contribution in [2.45, 2.75) is 19.5 Å². The number of hydrogen-bond donors (Lipinski definition) is 0. The zero-order valence-corrected chi connectivity index (χ0v) is 13.5. The minimum atomic E-state index is 0.759. The molecule has 0 radical (unpaired) electrons. The average Bonchev–Trinajstić information content (AvgIpc) is 3.10. The number of hydrogen-bond acceptors (Lipinski definition) is 4. The van der Waals surface area contributed by atoms with Crippen molar-refractivity contribution in [2.75, 3.05) is 26.7 Å². The van der Waals surface area contributed by atoms with Crippen molar-refractivity contribution in [3.05, 3.63) is 48.3 Å². The average molecular weight is 299 g/mol. The smallest absolute Gasteiger partial charge is 0.0945 e. The van der Waals surface area contributed by atoms with Crippen LogP contribution in [-0.2, 0) is 20.1 Å². The molecule has 22 heavy (non-hydrogen) atoms. The lowest BCUT2D eigenvalue weighted by Crippen LogP contribution is -2.28. The molecule has 0 aromatic carbocycles. The maximum Gasteiger partial charge on any atom is 0.0945 e. The predicted molar refractivity (Wildman–Crippen MR) is 87.2 cm³/mol. The molecule has 1 unspecified atom stereocenters. The second kappa shape index (κ2) is 7.03. The van der Waals surface area contributed by atoms with Crippen LogP contribution in [0.2, 0.25) is 0 Å². The molecule has 1 saturated heterocycles. The normalized spacial score (nSPS) is 19.1. The number of aryl methyl sites for hydroxylation is 1. The number of rotatable bonds is 6. The zero-order valence-electron chi connectivity index (χ0n) is 13.5. The van der Waals surface area contributed by atoms with Crippen molar-refractivity contribution < 1.29 is 0 Å². The minimum Gasteiger partial charge on any atom is -0.337 e. The van der Waals surface area contributed by atoms with E-state index in [4.69, 9.17) is 0 Å². The summed E-state index contributed by atoms with van der Waals surface area (Å²) >= 11 is 0. The summed E-state index contributed by atoms with van der Waals surface area (Å²) in [5.74, 6) is 0.759. The Morgan fingerprint density at radius 2 is 2.23 bits per heavy atom. The predicted octanol–water partition coefficient (Wildman–Crippen LogP) is 1.77. The van der Waals surface area contributed by atoms with E-state index in [-0.39, 0.29) is 0 Å². The quantitative estimate of drug-likeness (QED) is 0.815. The Morgan fingerprint density at radius 1 is 1.32 bits per heavy atom. The fourth-order valence-electron chi connectivity index (χ4n) is 3.28. The van der Waals surface area contributed by atoms with Gasteiger partial charge < -0.3 is 9.47 Å². The lowest BCUT2D eigenvalue weighted by atomic mass is 10.1. The lowest BCUT2D eigenvalue weighted by molar-refractivity contribution is 0.253. The second-order valence-electron chi connectivity index (χ2n) is 6.44. The second-order valence-corrected chi connectivity index (χ2v) is 6.44. The Labute approximate surface area is 132 Å². The molecule has 1 aliphatic heterocycles. The summed E-state index contributed by atoms with van der Waals surface area (Å²) in [5, 5.41) is 0. The van der Waals surface area contributed by atoms with E-state index in [1.165, 1.54) is 30.8 Å². The van der Waals surface area contributed by atoms with Crippen LogP contribution < -0.4 is 0 Å². The Bertz CT molecular complexity index is 580. The van der Waals surface area contributed by atoms with Gasteiger partial charge >= 0.3 is 0 Å². The van der Waals surface area contributed by atoms with Gasteiger partial charge in [0.2, 0.25) is 0 Å². The van der Waals surface area contributed by atoms with E-state index < -0.39 is 0 Å². The Balaban J connectivity index is 1.45. The number of pyridine rings is 1. The Kier molecular flexibility index (Phi) is 4.85. The highest BCUT2D eigenvalue weighted by atomic mass is 15.2. The Morgan fingerprint density at radius 3 is 2.95 bits per heavy atom. The van der Waals surface area contributed by atoms with Crippen molar-refractivity contribution in [3.8, 4) is 0 Å². The van der Waals surface area contributed by atoms with E-state index in [2.05, 4.69) is 44.5 Å². The monoisotopic (exact) mass is 299 g/mol. The molecule has 2 aromatic rings. The molecule has 1 fully saturated rings. The fourth-order valence-corrected chi connectivity index (χ4v) is 3.28.